The number of rotatable bonds is 4. The standard InChI is InChI=1S/C23H27N3O/c1-15(2)13-26-21-8-6-5-7-19(21)24-23(26)18-12-22(27)25(14-18)20-10-9-16(3)11-17(20)4/h5-11,15,18H,12-14H2,1-4H3/t18-/m1/s1. The fraction of sp³-hybridized carbons (Fsp3) is 0.391. The first-order valence-electron chi connectivity index (χ1n) is 9.77. The quantitative estimate of drug-likeness (QED) is 0.667. The van der Waals surface area contributed by atoms with Crippen molar-refractivity contribution in [2.45, 2.75) is 46.6 Å². The van der Waals surface area contributed by atoms with Crippen molar-refractivity contribution in [3.63, 3.8) is 0 Å². The molecule has 0 unspecified atom stereocenters. The molecule has 1 fully saturated rings. The third-order valence-electron chi connectivity index (χ3n) is 5.37. The number of hydrogen-bond donors (Lipinski definition) is 0. The van der Waals surface area contributed by atoms with Gasteiger partial charge < -0.3 is 9.47 Å². The van der Waals surface area contributed by atoms with Gasteiger partial charge in [-0.3, -0.25) is 4.79 Å². The minimum Gasteiger partial charge on any atom is -0.327 e. The van der Waals surface area contributed by atoms with E-state index < -0.39 is 0 Å². The molecule has 4 heteroatoms. The first-order chi connectivity index (χ1) is 12.9. The number of fused-ring (bicyclic) bond motifs is 1. The number of carbonyl (C=O) groups is 1. The highest BCUT2D eigenvalue weighted by Gasteiger charge is 2.35. The Morgan fingerprint density at radius 2 is 1.93 bits per heavy atom. The number of benzene rings is 2. The van der Waals surface area contributed by atoms with Gasteiger partial charge >= 0.3 is 0 Å². The molecule has 0 N–H and O–H groups in total. The van der Waals surface area contributed by atoms with Crippen molar-refractivity contribution in [2.75, 3.05) is 11.4 Å². The van der Waals surface area contributed by atoms with Crippen LogP contribution >= 0.6 is 0 Å². The fourth-order valence-electron chi connectivity index (χ4n) is 4.18. The van der Waals surface area contributed by atoms with Gasteiger partial charge in [-0.05, 0) is 43.5 Å². The van der Waals surface area contributed by atoms with E-state index in [1.807, 2.05) is 11.0 Å². The van der Waals surface area contributed by atoms with E-state index in [9.17, 15) is 4.79 Å². The Kier molecular flexibility index (Phi) is 4.50. The van der Waals surface area contributed by atoms with E-state index in [4.69, 9.17) is 4.98 Å². The van der Waals surface area contributed by atoms with Crippen molar-refractivity contribution in [1.29, 1.82) is 0 Å². The van der Waals surface area contributed by atoms with Crippen LogP contribution in [0.4, 0.5) is 5.69 Å². The second kappa shape index (κ2) is 6.84. The van der Waals surface area contributed by atoms with Gasteiger partial charge in [0.15, 0.2) is 0 Å². The molecule has 2 heterocycles. The van der Waals surface area contributed by atoms with E-state index in [0.29, 0.717) is 18.9 Å². The van der Waals surface area contributed by atoms with Gasteiger partial charge in [-0.2, -0.15) is 0 Å². The Morgan fingerprint density at radius 1 is 1.15 bits per heavy atom. The van der Waals surface area contributed by atoms with Gasteiger partial charge in [0, 0.05) is 31.1 Å². The van der Waals surface area contributed by atoms with E-state index in [0.717, 1.165) is 29.1 Å². The van der Waals surface area contributed by atoms with Crippen LogP contribution in [0, 0.1) is 19.8 Å². The number of aromatic nitrogens is 2. The summed E-state index contributed by atoms with van der Waals surface area (Å²) in [6.45, 7) is 10.2. The van der Waals surface area contributed by atoms with Crippen LogP contribution in [0.1, 0.15) is 43.1 Å². The molecule has 1 aliphatic heterocycles. The van der Waals surface area contributed by atoms with E-state index in [-0.39, 0.29) is 11.8 Å². The smallest absolute Gasteiger partial charge is 0.227 e. The minimum absolute atomic E-state index is 0.129. The van der Waals surface area contributed by atoms with Gasteiger partial charge in [0.25, 0.3) is 0 Å². The summed E-state index contributed by atoms with van der Waals surface area (Å²) in [7, 11) is 0. The van der Waals surface area contributed by atoms with Gasteiger partial charge in [0.2, 0.25) is 5.91 Å². The lowest BCUT2D eigenvalue weighted by Crippen LogP contribution is -2.25. The molecule has 1 aliphatic rings. The Hall–Kier alpha value is -2.62. The summed E-state index contributed by atoms with van der Waals surface area (Å²) in [6, 6.07) is 14.6. The average molecular weight is 361 g/mol. The van der Waals surface area contributed by atoms with Crippen LogP contribution < -0.4 is 4.90 Å². The monoisotopic (exact) mass is 361 g/mol. The lowest BCUT2D eigenvalue weighted by Gasteiger charge is -2.20. The number of carbonyl (C=O) groups excluding carboxylic acids is 1. The van der Waals surface area contributed by atoms with Crippen molar-refractivity contribution in [2.24, 2.45) is 5.92 Å². The zero-order chi connectivity index (χ0) is 19.1. The Morgan fingerprint density at radius 3 is 2.67 bits per heavy atom. The molecule has 2 aromatic carbocycles. The molecule has 0 spiro atoms. The number of nitrogens with zero attached hydrogens (tertiary/aromatic N) is 3. The maximum Gasteiger partial charge on any atom is 0.227 e. The van der Waals surface area contributed by atoms with Crippen molar-refractivity contribution in [1.82, 2.24) is 9.55 Å². The summed E-state index contributed by atoms with van der Waals surface area (Å²) in [5, 5.41) is 0. The second-order valence-corrected chi connectivity index (χ2v) is 8.16. The fourth-order valence-corrected chi connectivity index (χ4v) is 4.18. The third-order valence-corrected chi connectivity index (χ3v) is 5.37. The van der Waals surface area contributed by atoms with E-state index >= 15 is 0 Å². The van der Waals surface area contributed by atoms with E-state index in [1.54, 1.807) is 0 Å². The second-order valence-electron chi connectivity index (χ2n) is 8.16. The molecule has 4 rings (SSSR count). The Balaban J connectivity index is 1.71. The molecule has 0 saturated carbocycles. The third kappa shape index (κ3) is 3.25. The lowest BCUT2D eigenvalue weighted by molar-refractivity contribution is -0.117. The summed E-state index contributed by atoms with van der Waals surface area (Å²) >= 11 is 0. The molecule has 140 valence electrons. The SMILES string of the molecule is Cc1ccc(N2C[C@H](c3nc4ccccc4n3CC(C)C)CC2=O)c(C)c1. The number of para-hydroxylation sites is 2. The lowest BCUT2D eigenvalue weighted by atomic mass is 10.1. The van der Waals surface area contributed by atoms with Gasteiger partial charge in [-0.25, -0.2) is 4.98 Å². The number of aryl methyl sites for hydroxylation is 2. The predicted molar refractivity (Wildman–Crippen MR) is 110 cm³/mol. The molecule has 0 aliphatic carbocycles. The highest BCUT2D eigenvalue weighted by Crippen LogP contribution is 2.35. The molecule has 27 heavy (non-hydrogen) atoms. The Labute approximate surface area is 160 Å². The van der Waals surface area contributed by atoms with Crippen molar-refractivity contribution in [3.8, 4) is 0 Å². The van der Waals surface area contributed by atoms with Crippen LogP contribution in [0.2, 0.25) is 0 Å². The Bertz CT molecular complexity index is 1000. The van der Waals surface area contributed by atoms with Crippen LogP contribution in [0.3, 0.4) is 0 Å². The summed E-state index contributed by atoms with van der Waals surface area (Å²) in [5.74, 6) is 1.89. The summed E-state index contributed by atoms with van der Waals surface area (Å²) in [5.41, 5.74) is 5.58. The average Bonchev–Trinajstić information content (AvgIpc) is 3.16. The first kappa shape index (κ1) is 17.8. The maximum absolute atomic E-state index is 12.8. The summed E-state index contributed by atoms with van der Waals surface area (Å²) < 4.78 is 2.32. The topological polar surface area (TPSA) is 38.1 Å². The van der Waals surface area contributed by atoms with Gasteiger partial charge in [-0.15, -0.1) is 0 Å². The largest absolute Gasteiger partial charge is 0.327 e. The normalized spacial score (nSPS) is 17.4. The van der Waals surface area contributed by atoms with Crippen LogP contribution in [0.15, 0.2) is 42.5 Å². The molecular formula is C23H27N3O. The van der Waals surface area contributed by atoms with Gasteiger partial charge in [0.05, 0.1) is 11.0 Å². The van der Waals surface area contributed by atoms with E-state index in [2.05, 4.69) is 68.7 Å². The molecular weight excluding hydrogens is 334 g/mol. The van der Waals surface area contributed by atoms with Crippen molar-refractivity contribution in [3.05, 3.63) is 59.4 Å². The summed E-state index contributed by atoms with van der Waals surface area (Å²) in [4.78, 5) is 19.7. The van der Waals surface area contributed by atoms with Crippen LogP contribution in [0.25, 0.3) is 11.0 Å². The predicted octanol–water partition coefficient (Wildman–Crippen LogP) is 4.83. The van der Waals surface area contributed by atoms with Gasteiger partial charge in [-0.1, -0.05) is 43.7 Å². The van der Waals surface area contributed by atoms with Crippen LogP contribution in [0.5, 0.6) is 0 Å². The highest BCUT2D eigenvalue weighted by atomic mass is 16.2. The molecule has 0 radical (unpaired) electrons. The molecule has 3 aromatic rings. The number of anilines is 1. The maximum atomic E-state index is 12.8. The highest BCUT2D eigenvalue weighted by molar-refractivity contribution is 5.97. The minimum atomic E-state index is 0.129. The number of imidazole rings is 1. The zero-order valence-electron chi connectivity index (χ0n) is 16.6. The van der Waals surface area contributed by atoms with E-state index in [1.165, 1.54) is 11.1 Å². The van der Waals surface area contributed by atoms with Crippen molar-refractivity contribution < 1.29 is 4.79 Å². The molecule has 0 bridgehead atoms. The van der Waals surface area contributed by atoms with Crippen molar-refractivity contribution >= 4 is 22.6 Å². The van der Waals surface area contributed by atoms with Crippen LogP contribution in [-0.4, -0.2) is 22.0 Å². The first-order valence-corrected chi connectivity index (χ1v) is 9.77. The number of amides is 1. The molecule has 1 amide bonds. The van der Waals surface area contributed by atoms with Gasteiger partial charge in [0.1, 0.15) is 5.82 Å². The number of hydrogen-bond acceptors (Lipinski definition) is 2. The molecule has 1 saturated heterocycles. The summed E-state index contributed by atoms with van der Waals surface area (Å²) in [6.07, 6.45) is 0.523. The molecule has 4 nitrogen and oxygen atoms in total. The molecule has 1 atom stereocenters. The zero-order valence-corrected chi connectivity index (χ0v) is 16.6. The molecule has 1 aromatic heterocycles. The van der Waals surface area contributed by atoms with Crippen LogP contribution in [-0.2, 0) is 11.3 Å².